The van der Waals surface area contributed by atoms with Gasteiger partial charge in [-0.2, -0.15) is 0 Å². The van der Waals surface area contributed by atoms with Crippen molar-refractivity contribution in [2.45, 2.75) is 103 Å². The van der Waals surface area contributed by atoms with Crippen LogP contribution < -0.4 is 37.9 Å². The molecule has 0 unspecified atom stereocenters. The molecule has 4 aromatic carbocycles. The second-order valence-corrected chi connectivity index (χ2v) is 24.0. The standard InChI is InChI=1S/C76H78N4O24/c81-65(82)9-1-25-97-49-33-45(34-50(41-49)98-26-2-10-66(83)84)73-57-17-19-59(77-57)74(46-35-51(99-27-3-11-67(85)86)42-52(36-46)100-28-4-12-68(87)88)61-21-23-63(79-61)76(48-39-55(103-31-7-15-71(93)94)44-56(40-48)104-32-8-16-72(95)96)64-24-22-62(80-64)75(60-20-18-58(73)78-60)47-37-53(101-29-5-13-69(89)90)43-54(38-47)102-30-6-14-70(91)92/h17-24,33-44,77,80H,1-16,25-32H2,(H,81,82)(H,83,84)(H,85,86)(H,87,88)(H,89,90)(H,91,92)(H,93,94)(H,95,96). The number of hydrogen-bond acceptors (Lipinski definition) is 18. The predicted octanol–water partition coefficient (Wildman–Crippen LogP) is 13.3. The molecule has 0 fully saturated rings. The first-order valence-electron chi connectivity index (χ1n) is 33.7. The summed E-state index contributed by atoms with van der Waals surface area (Å²) in [4.78, 5) is 111. The quantitative estimate of drug-likeness (QED) is 0.0159. The zero-order chi connectivity index (χ0) is 74.1. The highest BCUT2D eigenvalue weighted by Crippen LogP contribution is 2.44. The molecule has 0 amide bonds. The highest BCUT2D eigenvalue weighted by molar-refractivity contribution is 6.00. The number of hydrogen-bond donors (Lipinski definition) is 10. The molecule has 28 nitrogen and oxygen atoms in total. The van der Waals surface area contributed by atoms with Crippen molar-refractivity contribution >= 4 is 94.1 Å². The monoisotopic (exact) mass is 1430 g/mol. The zero-order valence-corrected chi connectivity index (χ0v) is 56.5. The van der Waals surface area contributed by atoms with Crippen molar-refractivity contribution in [2.24, 2.45) is 0 Å². The molecule has 104 heavy (non-hydrogen) atoms. The van der Waals surface area contributed by atoms with Crippen LogP contribution in [0.25, 0.3) is 90.9 Å². The van der Waals surface area contributed by atoms with Crippen LogP contribution in [-0.4, -0.2) is 161 Å². The van der Waals surface area contributed by atoms with Crippen LogP contribution in [-0.2, 0) is 38.4 Å². The van der Waals surface area contributed by atoms with E-state index < -0.39 is 47.8 Å². The number of carboxylic acid groups (broad SMARTS) is 8. The third kappa shape index (κ3) is 22.8. The number of nitrogens with zero attached hydrogens (tertiary/aromatic N) is 2. The number of aromatic nitrogens is 4. The summed E-state index contributed by atoms with van der Waals surface area (Å²) in [6, 6.07) is 27.5. The molecular formula is C76H78N4O24. The van der Waals surface area contributed by atoms with Crippen molar-refractivity contribution in [1.29, 1.82) is 0 Å². The molecule has 0 radical (unpaired) electrons. The molecule has 9 rings (SSSR count). The molecule has 546 valence electrons. The summed E-state index contributed by atoms with van der Waals surface area (Å²) >= 11 is 0. The van der Waals surface area contributed by atoms with E-state index in [4.69, 9.17) is 47.9 Å². The van der Waals surface area contributed by atoms with Crippen LogP contribution in [0.3, 0.4) is 0 Å². The number of benzene rings is 4. The van der Waals surface area contributed by atoms with E-state index in [0.29, 0.717) is 89.4 Å². The van der Waals surface area contributed by atoms with Gasteiger partial charge in [-0.25, -0.2) is 9.97 Å². The van der Waals surface area contributed by atoms with E-state index in [1.807, 2.05) is 24.3 Å². The van der Waals surface area contributed by atoms with Crippen LogP contribution >= 0.6 is 0 Å². The largest absolute Gasteiger partial charge is 0.493 e. The van der Waals surface area contributed by atoms with Gasteiger partial charge in [0.1, 0.15) is 46.0 Å². The van der Waals surface area contributed by atoms with Gasteiger partial charge in [0, 0.05) is 120 Å². The van der Waals surface area contributed by atoms with Gasteiger partial charge in [0.15, 0.2) is 0 Å². The summed E-state index contributed by atoms with van der Waals surface area (Å²) in [5, 5.41) is 76.3. The lowest BCUT2D eigenvalue weighted by molar-refractivity contribution is -0.138. The summed E-state index contributed by atoms with van der Waals surface area (Å²) in [5.41, 5.74) is 6.74. The van der Waals surface area contributed by atoms with E-state index in [9.17, 15) is 79.2 Å². The zero-order valence-electron chi connectivity index (χ0n) is 56.5. The number of nitrogens with one attached hydrogen (secondary N) is 2. The van der Waals surface area contributed by atoms with Gasteiger partial charge < -0.3 is 88.7 Å². The molecule has 0 aliphatic carbocycles. The Morgan fingerprint density at radius 3 is 0.548 bits per heavy atom. The van der Waals surface area contributed by atoms with E-state index in [-0.39, 0.29) is 202 Å². The molecular weight excluding hydrogens is 1350 g/mol. The van der Waals surface area contributed by atoms with Gasteiger partial charge in [-0.15, -0.1) is 0 Å². The van der Waals surface area contributed by atoms with Crippen molar-refractivity contribution in [3.63, 3.8) is 0 Å². The lowest BCUT2D eigenvalue weighted by Crippen LogP contribution is -2.04. The molecule has 0 spiro atoms. The summed E-state index contributed by atoms with van der Waals surface area (Å²) in [6.07, 6.45) is 6.73. The van der Waals surface area contributed by atoms with Crippen molar-refractivity contribution in [1.82, 2.24) is 19.9 Å². The Balaban J connectivity index is 1.41. The second kappa shape index (κ2) is 37.4. The molecule has 3 aromatic heterocycles. The van der Waals surface area contributed by atoms with Crippen LogP contribution in [0, 0.1) is 0 Å². The Morgan fingerprint density at radius 2 is 0.404 bits per heavy atom. The highest BCUT2D eigenvalue weighted by atomic mass is 16.5. The normalized spacial score (nSPS) is 11.4. The minimum Gasteiger partial charge on any atom is -0.493 e. The smallest absolute Gasteiger partial charge is 0.303 e. The van der Waals surface area contributed by atoms with Crippen LogP contribution in [0.5, 0.6) is 46.0 Å². The van der Waals surface area contributed by atoms with E-state index in [0.717, 1.165) is 0 Å². The Bertz CT molecular complexity index is 3830. The first kappa shape index (κ1) is 75.8. The fourth-order valence-corrected chi connectivity index (χ4v) is 11.3. The van der Waals surface area contributed by atoms with Gasteiger partial charge >= 0.3 is 47.8 Å². The SMILES string of the molecule is O=C(O)CCCOc1cc(OCCCC(=O)O)cc(-c2c3nc(c(-c4cc(OCCCC(=O)O)cc(OCCCC(=O)O)c4)c4ccc([nH]4)c(-c4cc(OCCCC(=O)O)cc(OCCCC(=O)O)c4)c4nc(c(-c5cc(OCCCC(=O)O)cc(OCCCC(=O)O)c5)c5ccc2[nH]5)C=C4)C=C3)c1. The maximum atomic E-state index is 11.7. The fourth-order valence-electron chi connectivity index (χ4n) is 11.3. The molecule has 8 bridgehead atoms. The van der Waals surface area contributed by atoms with Crippen molar-refractivity contribution in [3.05, 3.63) is 120 Å². The Labute approximate surface area is 594 Å². The first-order chi connectivity index (χ1) is 50.1. The molecule has 2 aliphatic rings. The maximum absolute atomic E-state index is 11.7. The molecule has 0 saturated heterocycles. The topological polar surface area (TPSA) is 430 Å². The second-order valence-electron chi connectivity index (χ2n) is 24.0. The molecule has 7 aromatic rings. The molecule has 0 saturated carbocycles. The van der Waals surface area contributed by atoms with Gasteiger partial charge in [0.25, 0.3) is 0 Å². The van der Waals surface area contributed by atoms with E-state index in [2.05, 4.69) is 9.97 Å². The lowest BCUT2D eigenvalue weighted by atomic mass is 10.0. The van der Waals surface area contributed by atoms with Gasteiger partial charge in [-0.05, 0) is 171 Å². The molecule has 28 heteroatoms. The molecule has 5 heterocycles. The van der Waals surface area contributed by atoms with E-state index in [1.54, 1.807) is 97.1 Å². The fraction of sp³-hybridized carbons (Fsp3) is 0.316. The first-order valence-corrected chi connectivity index (χ1v) is 33.7. The highest BCUT2D eigenvalue weighted by Gasteiger charge is 2.24. The third-order valence-electron chi connectivity index (χ3n) is 15.9. The predicted molar refractivity (Wildman–Crippen MR) is 380 cm³/mol. The van der Waals surface area contributed by atoms with Crippen molar-refractivity contribution in [2.75, 3.05) is 52.9 Å². The minimum atomic E-state index is -1.03. The van der Waals surface area contributed by atoms with Crippen molar-refractivity contribution < 1.29 is 117 Å². The average molecular weight is 1430 g/mol. The number of ether oxygens (including phenoxy) is 8. The Kier molecular flexibility index (Phi) is 27.2. The Morgan fingerprint density at radius 1 is 0.250 bits per heavy atom. The number of carboxylic acids is 8. The van der Waals surface area contributed by atoms with Gasteiger partial charge in [0.2, 0.25) is 0 Å². The summed E-state index contributed by atoms with van der Waals surface area (Å²) < 4.78 is 50.0. The average Bonchev–Trinajstić information content (AvgIpc) is 1.63. The lowest BCUT2D eigenvalue weighted by Gasteiger charge is -2.14. The summed E-state index contributed by atoms with van der Waals surface area (Å²) in [5.74, 6) is -6.12. The maximum Gasteiger partial charge on any atom is 0.303 e. The van der Waals surface area contributed by atoms with Gasteiger partial charge in [-0.1, -0.05) is 0 Å². The molecule has 0 atom stereocenters. The van der Waals surface area contributed by atoms with Crippen LogP contribution in [0.15, 0.2) is 97.1 Å². The number of H-pyrrole nitrogens is 2. The number of rotatable bonds is 44. The third-order valence-corrected chi connectivity index (χ3v) is 15.9. The Hall–Kier alpha value is -12.4. The van der Waals surface area contributed by atoms with Crippen molar-refractivity contribution in [3.8, 4) is 90.5 Å². The number of fused-ring (bicyclic) bond motifs is 8. The molecule has 2 aliphatic heterocycles. The number of aliphatic carboxylic acids is 8. The van der Waals surface area contributed by atoms with E-state index in [1.165, 1.54) is 0 Å². The number of aromatic amines is 2. The van der Waals surface area contributed by atoms with E-state index >= 15 is 0 Å². The summed E-state index contributed by atoms with van der Waals surface area (Å²) in [7, 11) is 0. The summed E-state index contributed by atoms with van der Waals surface area (Å²) in [6.45, 7) is -0.142. The van der Waals surface area contributed by atoms with Gasteiger partial charge in [-0.3, -0.25) is 38.4 Å². The van der Waals surface area contributed by atoms with Crippen LogP contribution in [0.4, 0.5) is 0 Å². The molecule has 10 N–H and O–H groups in total. The van der Waals surface area contributed by atoms with Gasteiger partial charge in [0.05, 0.1) is 75.6 Å². The number of carbonyl (C=O) groups is 8. The van der Waals surface area contributed by atoms with Crippen LogP contribution in [0.2, 0.25) is 0 Å². The van der Waals surface area contributed by atoms with Crippen LogP contribution in [0.1, 0.15) is 126 Å². The minimum absolute atomic E-state index is 0.0178.